The van der Waals surface area contributed by atoms with Crippen LogP contribution in [0.1, 0.15) is 12.8 Å². The number of amides is 2. The van der Waals surface area contributed by atoms with Crippen molar-refractivity contribution in [2.75, 3.05) is 30.8 Å². The summed E-state index contributed by atoms with van der Waals surface area (Å²) in [4.78, 5) is 19.4. The summed E-state index contributed by atoms with van der Waals surface area (Å²) in [6.07, 6.45) is 5.37. The number of anilines is 2. The van der Waals surface area contributed by atoms with E-state index in [-0.39, 0.29) is 6.03 Å². The molecule has 2 amide bonds. The number of rotatable bonds is 1. The molecule has 0 spiro atoms. The second-order valence-corrected chi connectivity index (χ2v) is 3.97. The molecule has 5 heteroatoms. The quantitative estimate of drug-likeness (QED) is 0.776. The molecule has 2 rings (SSSR count). The van der Waals surface area contributed by atoms with Gasteiger partial charge in [-0.25, -0.2) is 4.79 Å². The van der Waals surface area contributed by atoms with Crippen molar-refractivity contribution in [1.29, 1.82) is 0 Å². The third kappa shape index (κ3) is 1.93. The smallest absolute Gasteiger partial charge is 0.324 e. The zero-order valence-corrected chi connectivity index (χ0v) is 9.39. The van der Waals surface area contributed by atoms with E-state index in [0.717, 1.165) is 25.9 Å². The molecule has 86 valence electrons. The normalized spacial score (nSPS) is 15.2. The molecule has 1 aliphatic rings. The van der Waals surface area contributed by atoms with Crippen LogP contribution in [-0.2, 0) is 0 Å². The SMILES string of the molecule is CN(C(=O)N1CCCC1)c1ccncc1N. The largest absolute Gasteiger partial charge is 0.396 e. The lowest BCUT2D eigenvalue weighted by molar-refractivity contribution is 0.217. The van der Waals surface area contributed by atoms with Gasteiger partial charge in [0.25, 0.3) is 0 Å². The van der Waals surface area contributed by atoms with E-state index in [9.17, 15) is 4.79 Å². The number of carbonyl (C=O) groups excluding carboxylic acids is 1. The molecule has 0 aliphatic carbocycles. The summed E-state index contributed by atoms with van der Waals surface area (Å²) in [5, 5.41) is 0. The van der Waals surface area contributed by atoms with Crippen molar-refractivity contribution in [3.63, 3.8) is 0 Å². The van der Waals surface area contributed by atoms with E-state index >= 15 is 0 Å². The van der Waals surface area contributed by atoms with Gasteiger partial charge >= 0.3 is 6.03 Å². The summed E-state index contributed by atoms with van der Waals surface area (Å²) in [5.41, 5.74) is 7.02. The average molecular weight is 220 g/mol. The molecule has 1 fully saturated rings. The number of nitrogens with zero attached hydrogens (tertiary/aromatic N) is 3. The fourth-order valence-corrected chi connectivity index (χ4v) is 1.93. The van der Waals surface area contributed by atoms with Gasteiger partial charge in [-0.05, 0) is 18.9 Å². The van der Waals surface area contributed by atoms with Crippen LogP contribution in [0, 0.1) is 0 Å². The molecule has 2 N–H and O–H groups in total. The van der Waals surface area contributed by atoms with Crippen molar-refractivity contribution in [3.8, 4) is 0 Å². The number of hydrogen-bond donors (Lipinski definition) is 1. The number of hydrogen-bond acceptors (Lipinski definition) is 3. The molecular weight excluding hydrogens is 204 g/mol. The van der Waals surface area contributed by atoms with Gasteiger partial charge in [0.1, 0.15) is 0 Å². The van der Waals surface area contributed by atoms with E-state index in [1.165, 1.54) is 0 Å². The molecule has 0 bridgehead atoms. The lowest BCUT2D eigenvalue weighted by atomic mass is 10.3. The minimum atomic E-state index is 0.00963. The van der Waals surface area contributed by atoms with E-state index in [0.29, 0.717) is 11.4 Å². The van der Waals surface area contributed by atoms with Crippen LogP contribution >= 0.6 is 0 Å². The Hall–Kier alpha value is -1.78. The number of aromatic nitrogens is 1. The minimum Gasteiger partial charge on any atom is -0.396 e. The fourth-order valence-electron chi connectivity index (χ4n) is 1.93. The summed E-state index contributed by atoms with van der Waals surface area (Å²) in [5.74, 6) is 0. The first kappa shape index (κ1) is 10.7. The molecular formula is C11H16N4O. The zero-order chi connectivity index (χ0) is 11.5. The van der Waals surface area contributed by atoms with Gasteiger partial charge in [-0.15, -0.1) is 0 Å². The Morgan fingerprint density at radius 1 is 1.50 bits per heavy atom. The Labute approximate surface area is 94.9 Å². The Kier molecular flexibility index (Phi) is 2.94. The Morgan fingerprint density at radius 2 is 2.19 bits per heavy atom. The van der Waals surface area contributed by atoms with Crippen LogP contribution in [0.2, 0.25) is 0 Å². The van der Waals surface area contributed by atoms with Gasteiger partial charge in [-0.2, -0.15) is 0 Å². The number of nitrogens with two attached hydrogens (primary N) is 1. The minimum absolute atomic E-state index is 0.00963. The summed E-state index contributed by atoms with van der Waals surface area (Å²) in [6, 6.07) is 1.76. The highest BCUT2D eigenvalue weighted by molar-refractivity contribution is 5.94. The second kappa shape index (κ2) is 4.38. The van der Waals surface area contributed by atoms with Crippen molar-refractivity contribution < 1.29 is 4.79 Å². The Morgan fingerprint density at radius 3 is 2.81 bits per heavy atom. The first-order valence-electron chi connectivity index (χ1n) is 5.42. The predicted molar refractivity (Wildman–Crippen MR) is 63.3 cm³/mol. The average Bonchev–Trinajstić information content (AvgIpc) is 2.81. The number of carbonyl (C=O) groups is 1. The van der Waals surface area contributed by atoms with Crippen LogP contribution in [0.5, 0.6) is 0 Å². The summed E-state index contributed by atoms with van der Waals surface area (Å²) in [7, 11) is 1.74. The van der Waals surface area contributed by atoms with Crippen molar-refractivity contribution in [1.82, 2.24) is 9.88 Å². The first-order valence-corrected chi connectivity index (χ1v) is 5.42. The number of nitrogen functional groups attached to an aromatic ring is 1. The van der Waals surface area contributed by atoms with Gasteiger partial charge in [-0.3, -0.25) is 9.88 Å². The molecule has 0 saturated carbocycles. The van der Waals surface area contributed by atoms with Gasteiger partial charge in [0.15, 0.2) is 0 Å². The molecule has 0 unspecified atom stereocenters. The molecule has 1 aliphatic heterocycles. The van der Waals surface area contributed by atoms with Crippen LogP contribution in [0.3, 0.4) is 0 Å². The van der Waals surface area contributed by atoms with Crippen LogP contribution in [0.4, 0.5) is 16.2 Å². The fraction of sp³-hybridized carbons (Fsp3) is 0.455. The monoisotopic (exact) mass is 220 g/mol. The molecule has 1 saturated heterocycles. The predicted octanol–water partition coefficient (Wildman–Crippen LogP) is 1.32. The van der Waals surface area contributed by atoms with E-state index in [1.54, 1.807) is 30.4 Å². The topological polar surface area (TPSA) is 62.5 Å². The first-order chi connectivity index (χ1) is 7.70. The number of likely N-dealkylation sites (tertiary alicyclic amines) is 1. The van der Waals surface area contributed by atoms with Crippen LogP contribution < -0.4 is 10.6 Å². The molecule has 1 aromatic rings. The van der Waals surface area contributed by atoms with Gasteiger partial charge in [0, 0.05) is 26.3 Å². The summed E-state index contributed by atoms with van der Waals surface area (Å²) >= 11 is 0. The van der Waals surface area contributed by atoms with E-state index in [4.69, 9.17) is 5.73 Å². The molecule has 0 atom stereocenters. The third-order valence-corrected chi connectivity index (χ3v) is 2.85. The highest BCUT2D eigenvalue weighted by Crippen LogP contribution is 2.22. The van der Waals surface area contributed by atoms with Gasteiger partial charge in [-0.1, -0.05) is 0 Å². The third-order valence-electron chi connectivity index (χ3n) is 2.85. The van der Waals surface area contributed by atoms with Gasteiger partial charge in [0.2, 0.25) is 0 Å². The van der Waals surface area contributed by atoms with Gasteiger partial charge < -0.3 is 10.6 Å². The second-order valence-electron chi connectivity index (χ2n) is 3.97. The lowest BCUT2D eigenvalue weighted by Gasteiger charge is -2.25. The van der Waals surface area contributed by atoms with Crippen molar-refractivity contribution in [2.45, 2.75) is 12.8 Å². The Balaban J connectivity index is 2.15. The number of pyridine rings is 1. The molecule has 0 aromatic carbocycles. The Bertz CT molecular complexity index is 387. The molecule has 5 nitrogen and oxygen atoms in total. The molecule has 2 heterocycles. The maximum absolute atomic E-state index is 12.1. The van der Waals surface area contributed by atoms with E-state index in [2.05, 4.69) is 4.98 Å². The maximum Gasteiger partial charge on any atom is 0.324 e. The van der Waals surface area contributed by atoms with Crippen molar-refractivity contribution in [3.05, 3.63) is 18.5 Å². The molecule has 16 heavy (non-hydrogen) atoms. The summed E-state index contributed by atoms with van der Waals surface area (Å²) < 4.78 is 0. The molecule has 0 radical (unpaired) electrons. The van der Waals surface area contributed by atoms with Crippen LogP contribution in [0.15, 0.2) is 18.5 Å². The summed E-state index contributed by atoms with van der Waals surface area (Å²) in [6.45, 7) is 1.68. The molecule has 1 aromatic heterocycles. The standard InChI is InChI=1S/C11H16N4O/c1-14(10-4-5-13-8-9(10)12)11(16)15-6-2-3-7-15/h4-5,8H,2-3,6-7,12H2,1H3. The van der Waals surface area contributed by atoms with Crippen molar-refractivity contribution >= 4 is 17.4 Å². The number of urea groups is 1. The van der Waals surface area contributed by atoms with E-state index < -0.39 is 0 Å². The highest BCUT2D eigenvalue weighted by Gasteiger charge is 2.22. The highest BCUT2D eigenvalue weighted by atomic mass is 16.2. The lowest BCUT2D eigenvalue weighted by Crippen LogP contribution is -2.39. The van der Waals surface area contributed by atoms with Crippen molar-refractivity contribution in [2.24, 2.45) is 0 Å². The van der Waals surface area contributed by atoms with Crippen LogP contribution in [-0.4, -0.2) is 36.1 Å². The van der Waals surface area contributed by atoms with Crippen LogP contribution in [0.25, 0.3) is 0 Å². The maximum atomic E-state index is 12.1. The zero-order valence-electron chi connectivity index (χ0n) is 9.39. The van der Waals surface area contributed by atoms with Gasteiger partial charge in [0.05, 0.1) is 17.6 Å². The van der Waals surface area contributed by atoms with E-state index in [1.807, 2.05) is 4.90 Å².